The lowest BCUT2D eigenvalue weighted by molar-refractivity contribution is 0.677. The van der Waals surface area contributed by atoms with Gasteiger partial charge in [-0.3, -0.25) is 0 Å². The Labute approximate surface area is 57.1 Å². The molecule has 1 aliphatic rings. The molecule has 48 valence electrons. The van der Waals surface area contributed by atoms with E-state index >= 15 is 0 Å². The SMILES string of the molecule is CCCC(S)C1CC1. The van der Waals surface area contributed by atoms with Gasteiger partial charge in [-0.05, 0) is 25.2 Å². The maximum absolute atomic E-state index is 4.47. The molecule has 8 heavy (non-hydrogen) atoms. The average molecular weight is 130 g/mol. The van der Waals surface area contributed by atoms with Gasteiger partial charge in [-0.25, -0.2) is 0 Å². The summed E-state index contributed by atoms with van der Waals surface area (Å²) in [5, 5.41) is 0.722. The molecule has 1 aliphatic carbocycles. The van der Waals surface area contributed by atoms with E-state index in [1.54, 1.807) is 0 Å². The Kier molecular flexibility index (Phi) is 2.24. The van der Waals surface area contributed by atoms with Crippen LogP contribution in [0.3, 0.4) is 0 Å². The third-order valence-corrected chi connectivity index (χ3v) is 2.43. The predicted molar refractivity (Wildman–Crippen MR) is 40.4 cm³/mol. The van der Waals surface area contributed by atoms with Crippen LogP contribution in [0.4, 0.5) is 0 Å². The molecule has 1 heteroatoms. The maximum Gasteiger partial charge on any atom is 0.00449 e. The van der Waals surface area contributed by atoms with Gasteiger partial charge in [0.15, 0.2) is 0 Å². The summed E-state index contributed by atoms with van der Waals surface area (Å²) >= 11 is 4.47. The highest BCUT2D eigenvalue weighted by Crippen LogP contribution is 2.37. The molecule has 0 saturated heterocycles. The first-order valence-corrected chi connectivity index (χ1v) is 4.04. The van der Waals surface area contributed by atoms with Crippen LogP contribution in [0.5, 0.6) is 0 Å². The first kappa shape index (κ1) is 6.47. The lowest BCUT2D eigenvalue weighted by atomic mass is 10.2. The molecule has 1 atom stereocenters. The van der Waals surface area contributed by atoms with Gasteiger partial charge in [-0.15, -0.1) is 0 Å². The van der Waals surface area contributed by atoms with Gasteiger partial charge >= 0.3 is 0 Å². The Balaban J connectivity index is 2.03. The molecule has 0 amide bonds. The van der Waals surface area contributed by atoms with Crippen molar-refractivity contribution in [3.8, 4) is 0 Å². The first-order valence-electron chi connectivity index (χ1n) is 3.52. The summed E-state index contributed by atoms with van der Waals surface area (Å²) in [6.45, 7) is 2.23. The number of rotatable bonds is 3. The molecule has 0 aliphatic heterocycles. The summed E-state index contributed by atoms with van der Waals surface area (Å²) in [5.74, 6) is 0.985. The van der Waals surface area contributed by atoms with E-state index in [0.717, 1.165) is 11.2 Å². The molecule has 1 rings (SSSR count). The van der Waals surface area contributed by atoms with E-state index in [1.807, 2.05) is 0 Å². The second kappa shape index (κ2) is 2.77. The van der Waals surface area contributed by atoms with Gasteiger partial charge in [0.2, 0.25) is 0 Å². The van der Waals surface area contributed by atoms with Crippen molar-refractivity contribution in [2.45, 2.75) is 37.9 Å². The van der Waals surface area contributed by atoms with E-state index in [0.29, 0.717) is 0 Å². The monoisotopic (exact) mass is 130 g/mol. The van der Waals surface area contributed by atoms with E-state index < -0.39 is 0 Å². The van der Waals surface area contributed by atoms with Crippen molar-refractivity contribution in [3.63, 3.8) is 0 Å². The van der Waals surface area contributed by atoms with Crippen LogP contribution in [0.2, 0.25) is 0 Å². The fourth-order valence-corrected chi connectivity index (χ4v) is 1.57. The standard InChI is InChI=1S/C7H14S/c1-2-3-7(8)6-4-5-6/h6-8H,2-5H2,1H3. The lowest BCUT2D eigenvalue weighted by Gasteiger charge is -2.04. The van der Waals surface area contributed by atoms with Gasteiger partial charge in [-0.1, -0.05) is 13.3 Å². The fourth-order valence-electron chi connectivity index (χ4n) is 1.01. The summed E-state index contributed by atoms with van der Waals surface area (Å²) in [7, 11) is 0. The Morgan fingerprint density at radius 1 is 1.62 bits per heavy atom. The molecule has 0 N–H and O–H groups in total. The minimum Gasteiger partial charge on any atom is -0.176 e. The zero-order valence-electron chi connectivity index (χ0n) is 5.43. The summed E-state index contributed by atoms with van der Waals surface area (Å²) in [5.41, 5.74) is 0. The molecular weight excluding hydrogens is 116 g/mol. The van der Waals surface area contributed by atoms with Crippen LogP contribution in [0.15, 0.2) is 0 Å². The van der Waals surface area contributed by atoms with Crippen molar-refractivity contribution >= 4 is 12.6 Å². The molecule has 0 aromatic rings. The highest BCUT2D eigenvalue weighted by atomic mass is 32.1. The Morgan fingerprint density at radius 3 is 2.62 bits per heavy atom. The Morgan fingerprint density at radius 2 is 2.25 bits per heavy atom. The molecule has 0 bridgehead atoms. The van der Waals surface area contributed by atoms with Crippen LogP contribution >= 0.6 is 12.6 Å². The predicted octanol–water partition coefficient (Wildman–Crippen LogP) is 2.49. The van der Waals surface area contributed by atoms with Crippen molar-refractivity contribution in [2.24, 2.45) is 5.92 Å². The normalized spacial score (nSPS) is 23.2. The second-order valence-corrected chi connectivity index (χ2v) is 3.36. The van der Waals surface area contributed by atoms with Crippen LogP contribution < -0.4 is 0 Å². The largest absolute Gasteiger partial charge is 0.176 e. The molecular formula is C7H14S. The maximum atomic E-state index is 4.47. The summed E-state index contributed by atoms with van der Waals surface area (Å²) in [6.07, 6.45) is 5.49. The van der Waals surface area contributed by atoms with Crippen molar-refractivity contribution in [3.05, 3.63) is 0 Å². The highest BCUT2D eigenvalue weighted by Gasteiger charge is 2.27. The molecule has 0 heterocycles. The van der Waals surface area contributed by atoms with Crippen LogP contribution in [-0.2, 0) is 0 Å². The fraction of sp³-hybridized carbons (Fsp3) is 1.00. The van der Waals surface area contributed by atoms with Crippen LogP contribution in [0.25, 0.3) is 0 Å². The minimum atomic E-state index is 0.722. The van der Waals surface area contributed by atoms with Crippen LogP contribution in [0.1, 0.15) is 32.6 Å². The minimum absolute atomic E-state index is 0.722. The van der Waals surface area contributed by atoms with Crippen molar-refractivity contribution in [2.75, 3.05) is 0 Å². The topological polar surface area (TPSA) is 0 Å². The van der Waals surface area contributed by atoms with Crippen molar-refractivity contribution in [1.82, 2.24) is 0 Å². The third-order valence-electron chi connectivity index (χ3n) is 1.75. The van der Waals surface area contributed by atoms with E-state index in [4.69, 9.17) is 0 Å². The van der Waals surface area contributed by atoms with Gasteiger partial charge in [0, 0.05) is 5.25 Å². The zero-order chi connectivity index (χ0) is 5.98. The highest BCUT2D eigenvalue weighted by molar-refractivity contribution is 7.81. The molecule has 1 unspecified atom stereocenters. The van der Waals surface area contributed by atoms with Crippen molar-refractivity contribution in [1.29, 1.82) is 0 Å². The molecule has 0 aromatic carbocycles. The lowest BCUT2D eigenvalue weighted by Crippen LogP contribution is -1.98. The van der Waals surface area contributed by atoms with Gasteiger partial charge in [0.25, 0.3) is 0 Å². The first-order chi connectivity index (χ1) is 3.84. The summed E-state index contributed by atoms with van der Waals surface area (Å²) in [4.78, 5) is 0. The van der Waals surface area contributed by atoms with Crippen LogP contribution in [-0.4, -0.2) is 5.25 Å². The molecule has 0 aromatic heterocycles. The summed E-state index contributed by atoms with van der Waals surface area (Å²) in [6, 6.07) is 0. The number of thiol groups is 1. The van der Waals surface area contributed by atoms with E-state index in [9.17, 15) is 0 Å². The van der Waals surface area contributed by atoms with E-state index in [1.165, 1.54) is 25.7 Å². The van der Waals surface area contributed by atoms with E-state index in [2.05, 4.69) is 19.6 Å². The molecule has 1 fully saturated rings. The van der Waals surface area contributed by atoms with Crippen molar-refractivity contribution < 1.29 is 0 Å². The smallest absolute Gasteiger partial charge is 0.00449 e. The Bertz CT molecular complexity index is 66.8. The molecule has 0 spiro atoms. The van der Waals surface area contributed by atoms with E-state index in [-0.39, 0.29) is 0 Å². The molecule has 1 saturated carbocycles. The second-order valence-electron chi connectivity index (χ2n) is 2.69. The van der Waals surface area contributed by atoms with Gasteiger partial charge in [0.05, 0.1) is 0 Å². The van der Waals surface area contributed by atoms with Gasteiger partial charge in [0.1, 0.15) is 0 Å². The number of hydrogen-bond donors (Lipinski definition) is 1. The Hall–Kier alpha value is 0.350. The zero-order valence-corrected chi connectivity index (χ0v) is 6.32. The number of hydrogen-bond acceptors (Lipinski definition) is 1. The van der Waals surface area contributed by atoms with Gasteiger partial charge in [-0.2, -0.15) is 12.6 Å². The molecule has 0 nitrogen and oxygen atoms in total. The van der Waals surface area contributed by atoms with Gasteiger partial charge < -0.3 is 0 Å². The third kappa shape index (κ3) is 1.70. The van der Waals surface area contributed by atoms with Crippen LogP contribution in [0, 0.1) is 5.92 Å². The summed E-state index contributed by atoms with van der Waals surface area (Å²) < 4.78 is 0. The average Bonchev–Trinajstić information content (AvgIpc) is 2.45. The quantitative estimate of drug-likeness (QED) is 0.557. The molecule has 0 radical (unpaired) electrons.